The summed E-state index contributed by atoms with van der Waals surface area (Å²) in [4.78, 5) is 46.9. The Hall–Kier alpha value is -3.30. The van der Waals surface area contributed by atoms with Gasteiger partial charge in [-0.25, -0.2) is 9.79 Å². The first-order valence-corrected chi connectivity index (χ1v) is 13.6. The SMILES string of the molecule is CC(C)COC(=O)CN1Cc2cc(OCCCC(=O)N(C)C3CCCCC3)ccc2N=C1NC(=O)N(C)C. The Morgan fingerprint density at radius 3 is 2.55 bits per heavy atom. The van der Waals surface area contributed by atoms with Gasteiger partial charge in [0, 0.05) is 45.7 Å². The van der Waals surface area contributed by atoms with Gasteiger partial charge in [-0.3, -0.25) is 14.9 Å². The molecule has 10 heteroatoms. The number of fused-ring (bicyclic) bond motifs is 1. The molecule has 1 N–H and O–H groups in total. The van der Waals surface area contributed by atoms with E-state index in [0.717, 1.165) is 18.4 Å². The number of nitrogens with zero attached hydrogens (tertiary/aromatic N) is 4. The molecule has 3 amide bonds. The molecule has 0 spiro atoms. The minimum absolute atomic E-state index is 0.0413. The molecule has 38 heavy (non-hydrogen) atoms. The average Bonchev–Trinajstić information content (AvgIpc) is 2.90. The number of rotatable bonds is 10. The van der Waals surface area contributed by atoms with Gasteiger partial charge in [0.1, 0.15) is 12.3 Å². The third kappa shape index (κ3) is 8.63. The van der Waals surface area contributed by atoms with E-state index in [1.807, 2.05) is 44.0 Å². The molecule has 1 heterocycles. The zero-order valence-electron chi connectivity index (χ0n) is 23.5. The number of nitrogens with one attached hydrogen (secondary N) is 1. The molecule has 0 atom stereocenters. The van der Waals surface area contributed by atoms with E-state index in [9.17, 15) is 14.4 Å². The van der Waals surface area contributed by atoms with E-state index >= 15 is 0 Å². The number of carbonyl (C=O) groups excluding carboxylic acids is 3. The lowest BCUT2D eigenvalue weighted by Gasteiger charge is -2.31. The Morgan fingerprint density at radius 2 is 1.87 bits per heavy atom. The van der Waals surface area contributed by atoms with E-state index in [4.69, 9.17) is 9.47 Å². The number of ether oxygens (including phenoxy) is 2. The second-order valence-electron chi connectivity index (χ2n) is 10.7. The van der Waals surface area contributed by atoms with Crippen molar-refractivity contribution in [3.63, 3.8) is 0 Å². The maximum atomic E-state index is 12.6. The molecular weight excluding hydrogens is 486 g/mol. The lowest BCUT2D eigenvalue weighted by atomic mass is 9.94. The monoisotopic (exact) mass is 529 g/mol. The van der Waals surface area contributed by atoms with Crippen LogP contribution < -0.4 is 10.1 Å². The van der Waals surface area contributed by atoms with E-state index in [-0.39, 0.29) is 30.4 Å². The molecule has 1 aliphatic heterocycles. The van der Waals surface area contributed by atoms with E-state index in [0.29, 0.717) is 56.0 Å². The van der Waals surface area contributed by atoms with Gasteiger partial charge in [0.25, 0.3) is 0 Å². The number of amides is 3. The van der Waals surface area contributed by atoms with Gasteiger partial charge in [-0.05, 0) is 43.4 Å². The molecule has 0 radical (unpaired) electrons. The van der Waals surface area contributed by atoms with Crippen LogP contribution in [0.5, 0.6) is 5.75 Å². The highest BCUT2D eigenvalue weighted by Gasteiger charge is 2.25. The maximum Gasteiger partial charge on any atom is 0.325 e. The Balaban J connectivity index is 1.59. The van der Waals surface area contributed by atoms with Crippen LogP contribution in [0.1, 0.15) is 64.4 Å². The molecule has 1 fully saturated rings. The van der Waals surface area contributed by atoms with Gasteiger partial charge in [0.15, 0.2) is 0 Å². The van der Waals surface area contributed by atoms with E-state index in [1.165, 1.54) is 24.2 Å². The summed E-state index contributed by atoms with van der Waals surface area (Å²) in [5, 5.41) is 2.77. The summed E-state index contributed by atoms with van der Waals surface area (Å²) in [5.74, 6) is 0.990. The zero-order chi connectivity index (χ0) is 27.7. The quantitative estimate of drug-likeness (QED) is 0.364. The van der Waals surface area contributed by atoms with Gasteiger partial charge in [-0.2, -0.15) is 0 Å². The molecule has 210 valence electrons. The maximum absolute atomic E-state index is 12.6. The first kappa shape index (κ1) is 29.3. The number of hydrogen-bond donors (Lipinski definition) is 1. The number of benzene rings is 1. The van der Waals surface area contributed by atoms with Crippen LogP contribution in [0.4, 0.5) is 10.5 Å². The highest BCUT2D eigenvalue weighted by molar-refractivity contribution is 5.99. The van der Waals surface area contributed by atoms with Crippen molar-refractivity contribution in [1.29, 1.82) is 0 Å². The molecule has 2 aliphatic rings. The second-order valence-corrected chi connectivity index (χ2v) is 10.7. The van der Waals surface area contributed by atoms with Crippen LogP contribution in [0.25, 0.3) is 0 Å². The molecule has 1 aromatic carbocycles. The number of carbonyl (C=O) groups is 3. The minimum Gasteiger partial charge on any atom is -0.494 e. The van der Waals surface area contributed by atoms with Gasteiger partial charge in [-0.1, -0.05) is 33.1 Å². The van der Waals surface area contributed by atoms with Crippen molar-refractivity contribution in [3.8, 4) is 5.75 Å². The van der Waals surface area contributed by atoms with E-state index < -0.39 is 0 Å². The number of aliphatic imine (C=N–C) groups is 1. The van der Waals surface area contributed by atoms with Crippen LogP contribution in [-0.4, -0.2) is 85.5 Å². The summed E-state index contributed by atoms with van der Waals surface area (Å²) < 4.78 is 11.3. The first-order chi connectivity index (χ1) is 18.1. The molecule has 0 saturated heterocycles. The van der Waals surface area contributed by atoms with Crippen LogP contribution >= 0.6 is 0 Å². The standard InChI is InChI=1S/C28H43N5O5/c1-20(2)19-38-26(35)18-33-17-21-16-23(13-14-24(21)29-27(33)30-28(36)31(3)4)37-15-9-12-25(34)32(5)22-10-7-6-8-11-22/h13-14,16,20,22H,6-12,15,17-19H2,1-5H3,(H,29,30,36). The van der Waals surface area contributed by atoms with Crippen LogP contribution in [0.15, 0.2) is 23.2 Å². The molecule has 3 rings (SSSR count). The third-order valence-corrected chi connectivity index (χ3v) is 6.78. The predicted molar refractivity (Wildman–Crippen MR) is 146 cm³/mol. The van der Waals surface area contributed by atoms with Crippen molar-refractivity contribution in [2.45, 2.75) is 71.4 Å². The van der Waals surface area contributed by atoms with Crippen molar-refractivity contribution in [1.82, 2.24) is 20.0 Å². The zero-order valence-corrected chi connectivity index (χ0v) is 23.5. The van der Waals surface area contributed by atoms with Crippen molar-refractivity contribution in [3.05, 3.63) is 23.8 Å². The van der Waals surface area contributed by atoms with Crippen molar-refractivity contribution in [2.24, 2.45) is 10.9 Å². The minimum atomic E-state index is -0.385. The van der Waals surface area contributed by atoms with E-state index in [1.54, 1.807) is 19.0 Å². The predicted octanol–water partition coefficient (Wildman–Crippen LogP) is 3.91. The summed E-state index contributed by atoms with van der Waals surface area (Å²) in [5.41, 5.74) is 1.57. The molecule has 1 saturated carbocycles. The summed E-state index contributed by atoms with van der Waals surface area (Å²) in [6.45, 7) is 5.03. The third-order valence-electron chi connectivity index (χ3n) is 6.78. The Kier molecular flexibility index (Phi) is 10.8. The van der Waals surface area contributed by atoms with Crippen molar-refractivity contribution in [2.75, 3.05) is 40.9 Å². The van der Waals surface area contributed by atoms with Crippen molar-refractivity contribution < 1.29 is 23.9 Å². The molecule has 10 nitrogen and oxygen atoms in total. The number of esters is 1. The molecule has 0 bridgehead atoms. The topological polar surface area (TPSA) is 104 Å². The smallest absolute Gasteiger partial charge is 0.325 e. The summed E-state index contributed by atoms with van der Waals surface area (Å²) in [6.07, 6.45) is 6.97. The number of urea groups is 1. The van der Waals surface area contributed by atoms with Crippen LogP contribution in [0.3, 0.4) is 0 Å². The molecule has 1 aliphatic carbocycles. The second kappa shape index (κ2) is 14.0. The van der Waals surface area contributed by atoms with Gasteiger partial charge in [-0.15, -0.1) is 0 Å². The van der Waals surface area contributed by atoms with Crippen LogP contribution in [-0.2, 0) is 20.9 Å². The van der Waals surface area contributed by atoms with E-state index in [2.05, 4.69) is 10.3 Å². The number of hydrogen-bond acceptors (Lipinski definition) is 7. The number of guanidine groups is 1. The van der Waals surface area contributed by atoms with Crippen LogP contribution in [0, 0.1) is 5.92 Å². The normalized spacial score (nSPS) is 15.4. The van der Waals surface area contributed by atoms with Crippen LogP contribution in [0.2, 0.25) is 0 Å². The van der Waals surface area contributed by atoms with Gasteiger partial charge < -0.3 is 24.2 Å². The summed E-state index contributed by atoms with van der Waals surface area (Å²) >= 11 is 0. The van der Waals surface area contributed by atoms with Crippen molar-refractivity contribution >= 4 is 29.6 Å². The average molecular weight is 530 g/mol. The fraction of sp³-hybridized carbons (Fsp3) is 0.643. The highest BCUT2D eigenvalue weighted by Crippen LogP contribution is 2.30. The van der Waals surface area contributed by atoms with Gasteiger partial charge in [0.05, 0.1) is 18.9 Å². The highest BCUT2D eigenvalue weighted by atomic mass is 16.5. The molecule has 0 unspecified atom stereocenters. The summed E-state index contributed by atoms with van der Waals surface area (Å²) in [6, 6.07) is 5.60. The Morgan fingerprint density at radius 1 is 1.13 bits per heavy atom. The molecular formula is C28H43N5O5. The fourth-order valence-corrected chi connectivity index (χ4v) is 4.52. The largest absolute Gasteiger partial charge is 0.494 e. The first-order valence-electron chi connectivity index (χ1n) is 13.6. The summed E-state index contributed by atoms with van der Waals surface area (Å²) in [7, 11) is 5.20. The molecule has 0 aromatic heterocycles. The lowest BCUT2D eigenvalue weighted by molar-refractivity contribution is -0.145. The Bertz CT molecular complexity index is 1000. The Labute approximate surface area is 226 Å². The lowest BCUT2D eigenvalue weighted by Crippen LogP contribution is -2.49. The molecule has 1 aromatic rings. The van der Waals surface area contributed by atoms with Gasteiger partial charge >= 0.3 is 12.0 Å². The van der Waals surface area contributed by atoms with Gasteiger partial charge in [0.2, 0.25) is 11.9 Å². The fourth-order valence-electron chi connectivity index (χ4n) is 4.52.